The predicted octanol–water partition coefficient (Wildman–Crippen LogP) is 14.6. The molecule has 3 heterocycles. The van der Waals surface area contributed by atoms with E-state index >= 15 is 0 Å². The Morgan fingerprint density at radius 3 is 2.04 bits per heavy atom. The Morgan fingerprint density at radius 1 is 0.420 bits per heavy atom. The van der Waals surface area contributed by atoms with Crippen molar-refractivity contribution in [2.24, 2.45) is 0 Å². The van der Waals surface area contributed by atoms with Crippen molar-refractivity contribution in [1.82, 2.24) is 0 Å². The lowest BCUT2D eigenvalue weighted by molar-refractivity contribution is 0.673. The minimum absolute atomic E-state index is 0.930. The van der Waals surface area contributed by atoms with Crippen molar-refractivity contribution < 1.29 is 4.42 Å². The fourth-order valence-corrected chi connectivity index (χ4v) is 10.3. The molecule has 4 heteroatoms. The van der Waals surface area contributed by atoms with Gasteiger partial charge in [-0.2, -0.15) is 0 Å². The number of thiophene rings is 2. The number of fused-ring (bicyclic) bond motifs is 12. The van der Waals surface area contributed by atoms with E-state index in [9.17, 15) is 0 Å². The number of benzene rings is 8. The summed E-state index contributed by atoms with van der Waals surface area (Å²) in [6.45, 7) is 0. The van der Waals surface area contributed by atoms with Crippen molar-refractivity contribution in [1.29, 1.82) is 0 Å². The molecule has 0 fully saturated rings. The van der Waals surface area contributed by atoms with Gasteiger partial charge in [0.1, 0.15) is 11.2 Å². The molecular weight excluding hydrogens is 647 g/mol. The predicted molar refractivity (Wildman–Crippen MR) is 217 cm³/mol. The number of para-hydroxylation sites is 1. The standard InChI is InChI=1S/C46H27NOS2/c1-2-11-30(12-3-1)47(31-23-20-29(21-24-31)33-15-8-16-35-34-14-6-7-19-40(34)49-45(33)35)38-18-9-17-37-43-41(50-46(37)38)27-25-36-42-32-13-5-4-10-28(32)22-26-39(42)48-44(36)43/h1-27H. The first-order chi connectivity index (χ1) is 24.8. The highest BCUT2D eigenvalue weighted by molar-refractivity contribution is 7.27. The van der Waals surface area contributed by atoms with Gasteiger partial charge in [0.25, 0.3) is 0 Å². The molecule has 11 aromatic rings. The molecule has 0 saturated carbocycles. The van der Waals surface area contributed by atoms with E-state index < -0.39 is 0 Å². The molecule has 8 aromatic carbocycles. The lowest BCUT2D eigenvalue weighted by Crippen LogP contribution is -2.09. The number of hydrogen-bond acceptors (Lipinski definition) is 4. The van der Waals surface area contributed by atoms with E-state index in [1.165, 1.54) is 73.0 Å². The first kappa shape index (κ1) is 28.0. The number of rotatable bonds is 4. The van der Waals surface area contributed by atoms with Crippen LogP contribution in [0.15, 0.2) is 168 Å². The van der Waals surface area contributed by atoms with Gasteiger partial charge in [0, 0.05) is 57.8 Å². The molecule has 0 spiro atoms. The second-order valence-corrected chi connectivity index (χ2v) is 14.9. The molecule has 0 aliphatic rings. The van der Waals surface area contributed by atoms with Gasteiger partial charge in [0.15, 0.2) is 0 Å². The van der Waals surface area contributed by atoms with Gasteiger partial charge < -0.3 is 9.32 Å². The van der Waals surface area contributed by atoms with Crippen LogP contribution >= 0.6 is 22.7 Å². The molecule has 0 radical (unpaired) electrons. The van der Waals surface area contributed by atoms with Crippen molar-refractivity contribution in [3.63, 3.8) is 0 Å². The number of furan rings is 1. The summed E-state index contributed by atoms with van der Waals surface area (Å²) in [6, 6.07) is 59.3. The van der Waals surface area contributed by atoms with Crippen LogP contribution in [0.4, 0.5) is 17.1 Å². The molecule has 0 bridgehead atoms. The van der Waals surface area contributed by atoms with Crippen LogP contribution in [0, 0.1) is 0 Å². The van der Waals surface area contributed by atoms with E-state index in [0.717, 1.165) is 28.2 Å². The molecule has 0 N–H and O–H groups in total. The van der Waals surface area contributed by atoms with Crippen molar-refractivity contribution in [2.45, 2.75) is 0 Å². The van der Waals surface area contributed by atoms with Crippen LogP contribution in [0.5, 0.6) is 0 Å². The highest BCUT2D eigenvalue weighted by Crippen LogP contribution is 2.48. The summed E-state index contributed by atoms with van der Waals surface area (Å²) in [6.07, 6.45) is 0. The van der Waals surface area contributed by atoms with Gasteiger partial charge in [0.05, 0.1) is 10.4 Å². The van der Waals surface area contributed by atoms with E-state index in [0.29, 0.717) is 0 Å². The highest BCUT2D eigenvalue weighted by Gasteiger charge is 2.21. The highest BCUT2D eigenvalue weighted by atomic mass is 32.1. The summed E-state index contributed by atoms with van der Waals surface area (Å²) in [7, 11) is 0. The fraction of sp³-hybridized carbons (Fsp3) is 0. The average molecular weight is 674 g/mol. The molecule has 0 aliphatic heterocycles. The summed E-state index contributed by atoms with van der Waals surface area (Å²) >= 11 is 3.71. The third-order valence-corrected chi connectivity index (χ3v) is 12.5. The van der Waals surface area contributed by atoms with Crippen LogP contribution in [0.25, 0.3) is 84.2 Å². The van der Waals surface area contributed by atoms with Crippen molar-refractivity contribution in [3.8, 4) is 11.1 Å². The first-order valence-electron chi connectivity index (χ1n) is 16.8. The Hall–Kier alpha value is -5.94. The van der Waals surface area contributed by atoms with Crippen molar-refractivity contribution in [2.75, 3.05) is 4.90 Å². The van der Waals surface area contributed by atoms with Crippen LogP contribution in [0.3, 0.4) is 0 Å². The molecule has 0 atom stereocenters. The van der Waals surface area contributed by atoms with E-state index in [2.05, 4.69) is 169 Å². The van der Waals surface area contributed by atoms with Crippen LogP contribution in [0.2, 0.25) is 0 Å². The summed E-state index contributed by atoms with van der Waals surface area (Å²) in [5.74, 6) is 0. The maximum atomic E-state index is 6.71. The summed E-state index contributed by atoms with van der Waals surface area (Å²) in [5.41, 5.74) is 7.78. The number of anilines is 3. The monoisotopic (exact) mass is 673 g/mol. The number of nitrogens with zero attached hydrogens (tertiary/aromatic N) is 1. The maximum Gasteiger partial charge on any atom is 0.144 e. The zero-order chi connectivity index (χ0) is 32.8. The molecule has 0 unspecified atom stereocenters. The van der Waals surface area contributed by atoms with Crippen molar-refractivity contribution in [3.05, 3.63) is 164 Å². The second kappa shape index (κ2) is 10.8. The summed E-state index contributed by atoms with van der Waals surface area (Å²) < 4.78 is 11.8. The molecule has 50 heavy (non-hydrogen) atoms. The molecule has 0 saturated heterocycles. The third kappa shape index (κ3) is 4.07. The Balaban J connectivity index is 1.10. The van der Waals surface area contributed by atoms with Crippen LogP contribution in [0.1, 0.15) is 0 Å². The van der Waals surface area contributed by atoms with Gasteiger partial charge in [-0.1, -0.05) is 109 Å². The molecule has 0 amide bonds. The second-order valence-electron chi connectivity index (χ2n) is 12.8. The number of hydrogen-bond donors (Lipinski definition) is 0. The van der Waals surface area contributed by atoms with E-state index in [1.54, 1.807) is 0 Å². The normalized spacial score (nSPS) is 12.0. The van der Waals surface area contributed by atoms with Crippen molar-refractivity contribution >= 4 is 113 Å². The molecule has 0 aliphatic carbocycles. The lowest BCUT2D eigenvalue weighted by Gasteiger charge is -2.26. The average Bonchev–Trinajstić information content (AvgIpc) is 3.87. The van der Waals surface area contributed by atoms with E-state index in [4.69, 9.17) is 4.42 Å². The largest absolute Gasteiger partial charge is 0.455 e. The van der Waals surface area contributed by atoms with Gasteiger partial charge in [-0.25, -0.2) is 0 Å². The lowest BCUT2D eigenvalue weighted by atomic mass is 10.0. The first-order valence-corrected chi connectivity index (χ1v) is 18.5. The smallest absolute Gasteiger partial charge is 0.144 e. The van der Waals surface area contributed by atoms with Gasteiger partial charge in [0.2, 0.25) is 0 Å². The molecule has 234 valence electrons. The van der Waals surface area contributed by atoms with E-state index in [1.807, 2.05) is 22.7 Å². The van der Waals surface area contributed by atoms with Crippen LogP contribution in [-0.2, 0) is 0 Å². The molecule has 2 nitrogen and oxygen atoms in total. The Kier molecular flexibility index (Phi) is 6.03. The topological polar surface area (TPSA) is 16.4 Å². The quantitative estimate of drug-likeness (QED) is 0.185. The van der Waals surface area contributed by atoms with Crippen LogP contribution in [-0.4, -0.2) is 0 Å². The summed E-state index contributed by atoms with van der Waals surface area (Å²) in [4.78, 5) is 2.39. The van der Waals surface area contributed by atoms with E-state index in [-0.39, 0.29) is 0 Å². The molecule has 3 aromatic heterocycles. The van der Waals surface area contributed by atoms with Crippen LogP contribution < -0.4 is 4.90 Å². The zero-order valence-corrected chi connectivity index (χ0v) is 28.4. The molecule has 11 rings (SSSR count). The molecular formula is C46H27NOS2. The Bertz CT molecular complexity index is 3090. The van der Waals surface area contributed by atoms with Gasteiger partial charge in [-0.3, -0.25) is 0 Å². The van der Waals surface area contributed by atoms with Gasteiger partial charge >= 0.3 is 0 Å². The third-order valence-electron chi connectivity index (χ3n) is 10.1. The minimum atomic E-state index is 0.930. The van der Waals surface area contributed by atoms with Gasteiger partial charge in [-0.05, 0) is 76.5 Å². The fourth-order valence-electron chi connectivity index (χ4n) is 7.82. The SMILES string of the molecule is c1ccc(N(c2ccc(-c3cccc4c3sc3ccccc34)cc2)c2cccc3c2sc2ccc4c(oc5ccc6ccccc6c54)c23)cc1. The Labute approximate surface area is 295 Å². The Morgan fingerprint density at radius 2 is 1.14 bits per heavy atom. The zero-order valence-electron chi connectivity index (χ0n) is 26.8. The minimum Gasteiger partial charge on any atom is -0.455 e. The van der Waals surface area contributed by atoms with Gasteiger partial charge in [-0.15, -0.1) is 22.7 Å². The summed E-state index contributed by atoms with van der Waals surface area (Å²) in [5, 5.41) is 9.85. The maximum absolute atomic E-state index is 6.71.